The molecule has 0 aromatic carbocycles. The van der Waals surface area contributed by atoms with E-state index in [0.717, 1.165) is 0 Å². The van der Waals surface area contributed by atoms with Crippen LogP contribution in [0.4, 0.5) is 0 Å². The second-order valence-electron chi connectivity index (χ2n) is 0. The third-order valence-corrected chi connectivity index (χ3v) is 0. The summed E-state index contributed by atoms with van der Waals surface area (Å²) in [7, 11) is 0. The van der Waals surface area contributed by atoms with Gasteiger partial charge in [-0.3, -0.25) is 0 Å². The number of rotatable bonds is 0. The van der Waals surface area contributed by atoms with Crippen LogP contribution in [0.25, 0.3) is 0 Å². The average Bonchev–Trinajstić information content (AvgIpc) is 0. The Labute approximate surface area is 98.8 Å². The van der Waals surface area contributed by atoms with Crippen LogP contribution in [-0.4, -0.2) is 88.7 Å². The molecule has 0 rings (SSSR count). The van der Waals surface area contributed by atoms with E-state index in [4.69, 9.17) is 0 Å². The molecule has 0 radical (unpaired) electrons. The third kappa shape index (κ3) is 8.99. The maximum atomic E-state index is 0. The molecule has 0 heterocycles. The van der Waals surface area contributed by atoms with Crippen molar-refractivity contribution in [3.63, 3.8) is 0 Å². The van der Waals surface area contributed by atoms with Crippen molar-refractivity contribution in [2.24, 2.45) is 0 Å². The Morgan fingerprint density at radius 3 is 0.500 bits per heavy atom. The van der Waals surface area contributed by atoms with Crippen LogP contribution in [0.1, 0.15) is 0 Å². The van der Waals surface area contributed by atoms with Crippen molar-refractivity contribution in [3.05, 3.63) is 0 Å². The topological polar surface area (TPSA) is 0 Å². The van der Waals surface area contributed by atoms with E-state index in [1.807, 2.05) is 0 Å². The number of halogens is 1. The van der Waals surface area contributed by atoms with Gasteiger partial charge < -0.3 is 0 Å². The SMILES string of the molecule is Cl.[NaH].[NaH].[NaH]. The van der Waals surface area contributed by atoms with Gasteiger partial charge in [0.2, 0.25) is 0 Å². The van der Waals surface area contributed by atoms with Gasteiger partial charge in [0.25, 0.3) is 0 Å². The Morgan fingerprint density at radius 1 is 0.500 bits per heavy atom. The number of hydrogen-bond acceptors (Lipinski definition) is 0. The molecule has 0 saturated heterocycles. The Kier molecular flexibility index (Phi) is 108. The molecular weight excluding hydrogens is 104 g/mol. The van der Waals surface area contributed by atoms with E-state index in [-0.39, 0.29) is 101 Å². The van der Waals surface area contributed by atoms with E-state index in [1.54, 1.807) is 0 Å². The van der Waals surface area contributed by atoms with Gasteiger partial charge >= 0.3 is 88.7 Å². The van der Waals surface area contributed by atoms with E-state index < -0.39 is 0 Å². The molecule has 0 aromatic rings. The first kappa shape index (κ1) is 26.6. The monoisotopic (exact) mass is 108 g/mol. The average molecular weight is 108 g/mol. The molecule has 0 saturated carbocycles. The maximum absolute atomic E-state index is 0. The fraction of sp³-hybridized carbons (Fsp3) is 0. The summed E-state index contributed by atoms with van der Waals surface area (Å²) >= 11 is 0. The molecule has 4 heavy (non-hydrogen) atoms. The van der Waals surface area contributed by atoms with Crippen molar-refractivity contribution in [1.29, 1.82) is 0 Å². The Bertz CT molecular complexity index is 3.25. The summed E-state index contributed by atoms with van der Waals surface area (Å²) in [6, 6.07) is 0. The van der Waals surface area contributed by atoms with Gasteiger partial charge in [-0.1, -0.05) is 0 Å². The van der Waals surface area contributed by atoms with Gasteiger partial charge in [0, 0.05) is 0 Å². The van der Waals surface area contributed by atoms with Crippen LogP contribution in [0.5, 0.6) is 0 Å². The predicted octanol–water partition coefficient (Wildman–Crippen LogP) is -1.52. The third-order valence-electron chi connectivity index (χ3n) is 0. The minimum absolute atomic E-state index is 0. The molecule has 0 aliphatic rings. The van der Waals surface area contributed by atoms with Gasteiger partial charge in [-0.05, 0) is 0 Å². The zero-order chi connectivity index (χ0) is 0. The molecule has 0 bridgehead atoms. The first-order valence-corrected chi connectivity index (χ1v) is 0. The first-order chi connectivity index (χ1) is 0. The molecule has 0 aliphatic carbocycles. The summed E-state index contributed by atoms with van der Waals surface area (Å²) in [6.45, 7) is 0. The summed E-state index contributed by atoms with van der Waals surface area (Å²) in [6.07, 6.45) is 0. The molecule has 0 amide bonds. The van der Waals surface area contributed by atoms with Gasteiger partial charge in [-0.15, -0.1) is 12.4 Å². The van der Waals surface area contributed by atoms with Crippen molar-refractivity contribution in [3.8, 4) is 0 Å². The molecule has 0 atom stereocenters. The van der Waals surface area contributed by atoms with Gasteiger partial charge in [-0.2, -0.15) is 0 Å². The molecule has 0 N–H and O–H groups in total. The van der Waals surface area contributed by atoms with E-state index in [9.17, 15) is 0 Å². The molecule has 0 aromatic heterocycles. The summed E-state index contributed by atoms with van der Waals surface area (Å²) in [5.41, 5.74) is 0. The van der Waals surface area contributed by atoms with Crippen LogP contribution in [0.15, 0.2) is 0 Å². The predicted molar refractivity (Wildman–Crippen MR) is 28.7 cm³/mol. The van der Waals surface area contributed by atoms with E-state index >= 15 is 0 Å². The van der Waals surface area contributed by atoms with Gasteiger partial charge in [0.05, 0.1) is 0 Å². The standard InChI is InChI=1S/ClH.3Na.3H/h1H;;;;;;. The summed E-state index contributed by atoms with van der Waals surface area (Å²) < 4.78 is 0. The first-order valence-electron chi connectivity index (χ1n) is 0. The molecule has 0 spiro atoms. The van der Waals surface area contributed by atoms with Crippen molar-refractivity contribution >= 4 is 101 Å². The number of hydrogen-bond donors (Lipinski definition) is 0. The van der Waals surface area contributed by atoms with Crippen LogP contribution in [0.3, 0.4) is 0 Å². The fourth-order valence-electron chi connectivity index (χ4n) is 0. The summed E-state index contributed by atoms with van der Waals surface area (Å²) in [4.78, 5) is 0. The Morgan fingerprint density at radius 2 is 0.500 bits per heavy atom. The van der Waals surface area contributed by atoms with Crippen molar-refractivity contribution < 1.29 is 0 Å². The van der Waals surface area contributed by atoms with E-state index in [2.05, 4.69) is 0 Å². The van der Waals surface area contributed by atoms with Crippen molar-refractivity contribution in [1.82, 2.24) is 0 Å². The van der Waals surface area contributed by atoms with Gasteiger partial charge in [0.15, 0.2) is 0 Å². The Balaban J connectivity index is 0. The molecule has 0 fully saturated rings. The molecule has 0 aliphatic heterocycles. The summed E-state index contributed by atoms with van der Waals surface area (Å²) in [5, 5.41) is 0. The minimum atomic E-state index is 0. The molecule has 0 nitrogen and oxygen atoms in total. The van der Waals surface area contributed by atoms with E-state index in [1.165, 1.54) is 0 Å². The van der Waals surface area contributed by atoms with Crippen molar-refractivity contribution in [2.45, 2.75) is 0 Å². The van der Waals surface area contributed by atoms with Crippen molar-refractivity contribution in [2.75, 3.05) is 0 Å². The zero-order valence-electron chi connectivity index (χ0n) is 0.408. The van der Waals surface area contributed by atoms with Crippen LogP contribution >= 0.6 is 12.4 Å². The Hall–Kier alpha value is 3.29. The van der Waals surface area contributed by atoms with Gasteiger partial charge in [0.1, 0.15) is 0 Å². The van der Waals surface area contributed by atoms with Crippen LogP contribution in [0.2, 0.25) is 0 Å². The van der Waals surface area contributed by atoms with Crippen LogP contribution in [0, 0.1) is 0 Å². The second-order valence-corrected chi connectivity index (χ2v) is 0. The normalized spacial score (nSPS) is 0. The molecular formula is H4ClNa3. The zero-order valence-corrected chi connectivity index (χ0v) is 1.22. The molecule has 14 valence electrons. The summed E-state index contributed by atoms with van der Waals surface area (Å²) in [5.74, 6) is 0. The van der Waals surface area contributed by atoms with Gasteiger partial charge in [-0.25, -0.2) is 0 Å². The quantitative estimate of drug-likeness (QED) is 0.331. The molecule has 0 unspecified atom stereocenters. The van der Waals surface area contributed by atoms with E-state index in [0.29, 0.717) is 0 Å². The second kappa shape index (κ2) is 16.3. The fourth-order valence-corrected chi connectivity index (χ4v) is 0. The van der Waals surface area contributed by atoms with Crippen LogP contribution < -0.4 is 0 Å². The molecule has 4 heteroatoms. The van der Waals surface area contributed by atoms with Crippen LogP contribution in [-0.2, 0) is 0 Å².